The van der Waals surface area contributed by atoms with E-state index in [1.54, 1.807) is 0 Å². The average molecular weight is 375 g/mol. The molecule has 25 heavy (non-hydrogen) atoms. The van der Waals surface area contributed by atoms with Gasteiger partial charge in [0.25, 0.3) is 0 Å². The van der Waals surface area contributed by atoms with E-state index in [-0.39, 0.29) is 35.2 Å². The highest BCUT2D eigenvalue weighted by Gasteiger charge is 2.39. The summed E-state index contributed by atoms with van der Waals surface area (Å²) in [7, 11) is -1.69. The van der Waals surface area contributed by atoms with Crippen LogP contribution in [0.15, 0.2) is 0 Å². The van der Waals surface area contributed by atoms with Gasteiger partial charge in [-0.1, -0.05) is 34.6 Å². The van der Waals surface area contributed by atoms with Gasteiger partial charge < -0.3 is 19.1 Å². The Hall–Kier alpha value is -0.723. The van der Waals surface area contributed by atoms with E-state index in [1.165, 1.54) is 0 Å². The van der Waals surface area contributed by atoms with Gasteiger partial charge in [-0.25, -0.2) is 0 Å². The second kappa shape index (κ2) is 10.4. The highest BCUT2D eigenvalue weighted by atomic mass is 28.4. The van der Waals surface area contributed by atoms with Crippen LogP contribution in [0.1, 0.15) is 67.2 Å². The first-order valence-corrected chi connectivity index (χ1v) is 12.3. The van der Waals surface area contributed by atoms with E-state index >= 15 is 0 Å². The Bertz CT molecular complexity index is 417. The van der Waals surface area contributed by atoms with E-state index in [0.717, 1.165) is 19.1 Å². The molecule has 1 saturated heterocycles. The van der Waals surface area contributed by atoms with Gasteiger partial charge in [0.2, 0.25) is 0 Å². The zero-order valence-electron chi connectivity index (χ0n) is 17.3. The van der Waals surface area contributed by atoms with Gasteiger partial charge in [-0.2, -0.15) is 0 Å². The zero-order chi connectivity index (χ0) is 19.8. The molecule has 4 atom stereocenters. The molecule has 0 saturated carbocycles. The van der Waals surface area contributed by atoms with E-state index in [9.17, 15) is 14.7 Å². The van der Waals surface area contributed by atoms with Crippen LogP contribution in [0.5, 0.6) is 0 Å². The van der Waals surface area contributed by atoms with Crippen LogP contribution in [0.4, 0.5) is 0 Å². The van der Waals surface area contributed by atoms with E-state index in [2.05, 4.69) is 40.8 Å². The van der Waals surface area contributed by atoms with Gasteiger partial charge in [0.1, 0.15) is 12.4 Å². The quantitative estimate of drug-likeness (QED) is 0.394. The maximum atomic E-state index is 10.6. The molecule has 0 aromatic rings. The first kappa shape index (κ1) is 24.3. The first-order chi connectivity index (χ1) is 11.4. The summed E-state index contributed by atoms with van der Waals surface area (Å²) in [5.41, 5.74) is 0. The number of esters is 1. The second-order valence-corrected chi connectivity index (χ2v) is 13.1. The molecular weight excluding hydrogens is 336 g/mol. The van der Waals surface area contributed by atoms with Crippen LogP contribution >= 0.6 is 0 Å². The van der Waals surface area contributed by atoms with Crippen molar-refractivity contribution < 1.29 is 23.9 Å². The number of rotatable bonds is 8. The van der Waals surface area contributed by atoms with Crippen LogP contribution in [-0.4, -0.2) is 44.0 Å². The predicted octanol–water partition coefficient (Wildman–Crippen LogP) is 4.08. The number of carbonyl (C=O) groups excluding carboxylic acids is 2. The number of hydrogen-bond donors (Lipinski definition) is 1. The third kappa shape index (κ3) is 8.01. The number of cyclic esters (lactones) is 1. The summed E-state index contributed by atoms with van der Waals surface area (Å²) >= 11 is 0. The number of aldehydes is 1. The molecule has 1 aliphatic heterocycles. The van der Waals surface area contributed by atoms with E-state index in [1.807, 2.05) is 13.8 Å². The minimum absolute atomic E-state index is 0.0174. The Labute approximate surface area is 154 Å². The standard InChI is InChI=1S/C11H24O2Si.C8H14O3/c1-7-10(8-9-12)13-14(5,6)11(2,3)4;1-3-6(9)4-7-5(2)8(10)11-7/h9-10H,7-8H2,1-6H3;5-7,9H,3-4H2,1-2H3/t10-;5-,6+,7-/m00/s1. The monoisotopic (exact) mass is 374 g/mol. The molecule has 0 aromatic carbocycles. The lowest BCUT2D eigenvalue weighted by molar-refractivity contribution is -0.185. The highest BCUT2D eigenvalue weighted by Crippen LogP contribution is 2.37. The summed E-state index contributed by atoms with van der Waals surface area (Å²) in [6.45, 7) is 16.9. The molecule has 0 amide bonds. The van der Waals surface area contributed by atoms with Crippen LogP contribution in [0.3, 0.4) is 0 Å². The first-order valence-electron chi connectivity index (χ1n) is 9.39. The average Bonchev–Trinajstić information content (AvgIpc) is 2.52. The lowest BCUT2D eigenvalue weighted by Crippen LogP contribution is -2.44. The van der Waals surface area contributed by atoms with Crippen LogP contribution in [0.2, 0.25) is 18.1 Å². The number of ether oxygens (including phenoxy) is 1. The van der Waals surface area contributed by atoms with Crippen molar-refractivity contribution in [1.29, 1.82) is 0 Å². The summed E-state index contributed by atoms with van der Waals surface area (Å²) < 4.78 is 10.9. The minimum Gasteiger partial charge on any atom is -0.461 e. The molecule has 0 unspecified atom stereocenters. The van der Waals surface area contributed by atoms with E-state index in [4.69, 9.17) is 9.16 Å². The fraction of sp³-hybridized carbons (Fsp3) is 0.895. The molecule has 0 aromatic heterocycles. The fourth-order valence-corrected chi connectivity index (χ4v) is 3.57. The van der Waals surface area contributed by atoms with Crippen LogP contribution in [-0.2, 0) is 18.8 Å². The Kier molecular flexibility index (Phi) is 10.1. The second-order valence-electron chi connectivity index (χ2n) is 8.37. The number of hydrogen-bond acceptors (Lipinski definition) is 5. The van der Waals surface area contributed by atoms with Gasteiger partial charge in [0.15, 0.2) is 8.32 Å². The molecule has 0 radical (unpaired) electrons. The van der Waals surface area contributed by atoms with Crippen molar-refractivity contribution in [1.82, 2.24) is 0 Å². The molecule has 0 aliphatic carbocycles. The zero-order valence-corrected chi connectivity index (χ0v) is 18.3. The smallest absolute Gasteiger partial charge is 0.312 e. The van der Waals surface area contributed by atoms with Crippen LogP contribution in [0.25, 0.3) is 0 Å². The van der Waals surface area contributed by atoms with E-state index < -0.39 is 8.32 Å². The van der Waals surface area contributed by atoms with E-state index in [0.29, 0.717) is 12.8 Å². The van der Waals surface area contributed by atoms with Crippen molar-refractivity contribution in [3.8, 4) is 0 Å². The van der Waals surface area contributed by atoms with Crippen molar-refractivity contribution in [3.63, 3.8) is 0 Å². The van der Waals surface area contributed by atoms with Gasteiger partial charge in [-0.3, -0.25) is 4.79 Å². The summed E-state index contributed by atoms with van der Waals surface area (Å²) in [6.07, 6.45) is 3.47. The predicted molar refractivity (Wildman–Crippen MR) is 103 cm³/mol. The van der Waals surface area contributed by atoms with Crippen molar-refractivity contribution in [3.05, 3.63) is 0 Å². The number of aliphatic hydroxyl groups excluding tert-OH is 1. The molecule has 1 fully saturated rings. The largest absolute Gasteiger partial charge is 0.461 e. The summed E-state index contributed by atoms with van der Waals surface area (Å²) in [4.78, 5) is 21.1. The van der Waals surface area contributed by atoms with Gasteiger partial charge in [0, 0.05) is 12.8 Å². The topological polar surface area (TPSA) is 72.8 Å². The van der Waals surface area contributed by atoms with Crippen molar-refractivity contribution in [2.24, 2.45) is 5.92 Å². The lowest BCUT2D eigenvalue weighted by Gasteiger charge is -2.38. The molecular formula is C19H38O5Si. The molecule has 1 rings (SSSR count). The third-order valence-corrected chi connectivity index (χ3v) is 9.79. The van der Waals surface area contributed by atoms with Gasteiger partial charge >= 0.3 is 5.97 Å². The van der Waals surface area contributed by atoms with Crippen LogP contribution < -0.4 is 0 Å². The summed E-state index contributed by atoms with van der Waals surface area (Å²) in [5, 5.41) is 9.43. The van der Waals surface area contributed by atoms with Gasteiger partial charge in [-0.05, 0) is 37.9 Å². The van der Waals surface area contributed by atoms with Gasteiger partial charge in [0.05, 0.1) is 18.1 Å². The lowest BCUT2D eigenvalue weighted by atomic mass is 9.93. The highest BCUT2D eigenvalue weighted by molar-refractivity contribution is 6.74. The van der Waals surface area contributed by atoms with Crippen molar-refractivity contribution >= 4 is 20.6 Å². The summed E-state index contributed by atoms with van der Waals surface area (Å²) in [6, 6.07) is 0. The maximum Gasteiger partial charge on any atom is 0.312 e. The molecule has 1 N–H and O–H groups in total. The number of carbonyl (C=O) groups is 2. The third-order valence-electron chi connectivity index (χ3n) is 5.25. The normalized spacial score (nSPS) is 22.8. The Morgan fingerprint density at radius 1 is 1.28 bits per heavy atom. The maximum absolute atomic E-state index is 10.6. The fourth-order valence-electron chi connectivity index (χ4n) is 2.12. The molecule has 1 aliphatic rings. The van der Waals surface area contributed by atoms with Gasteiger partial charge in [-0.15, -0.1) is 0 Å². The van der Waals surface area contributed by atoms with Crippen molar-refractivity contribution in [2.75, 3.05) is 0 Å². The summed E-state index contributed by atoms with van der Waals surface area (Å²) in [5.74, 6) is -0.158. The van der Waals surface area contributed by atoms with Crippen LogP contribution in [0, 0.1) is 5.92 Å². The SMILES string of the molecule is CC[C@@H](CC=O)O[Si](C)(C)C(C)(C)C.CC[C@@H](O)C[C@@H]1OC(=O)[C@H]1C. The molecule has 5 nitrogen and oxygen atoms in total. The molecule has 148 valence electrons. The molecule has 0 spiro atoms. The molecule has 0 bridgehead atoms. The molecule has 1 heterocycles. The minimum atomic E-state index is -1.69. The van der Waals surface area contributed by atoms with Crippen molar-refractivity contribution in [2.45, 2.75) is 104 Å². The molecule has 6 heteroatoms. The Morgan fingerprint density at radius 2 is 1.84 bits per heavy atom. The Morgan fingerprint density at radius 3 is 2.16 bits per heavy atom. The number of aliphatic hydroxyl groups is 1. The Balaban J connectivity index is 0.000000472.